The third kappa shape index (κ3) is 2.13. The van der Waals surface area contributed by atoms with Crippen molar-refractivity contribution in [3.63, 3.8) is 0 Å². The third-order valence-corrected chi connectivity index (χ3v) is 4.67. The fourth-order valence-corrected chi connectivity index (χ4v) is 4.23. The quantitative estimate of drug-likeness (QED) is 0.623. The van der Waals surface area contributed by atoms with Crippen LogP contribution in [-0.4, -0.2) is 13.7 Å². The lowest BCUT2D eigenvalue weighted by Gasteiger charge is -2.15. The molecule has 0 saturated heterocycles. The van der Waals surface area contributed by atoms with Crippen molar-refractivity contribution in [3.8, 4) is 0 Å². The van der Waals surface area contributed by atoms with Crippen LogP contribution in [0, 0.1) is 11.3 Å². The summed E-state index contributed by atoms with van der Waals surface area (Å²) in [5.74, 6) is 0.197. The topological polar surface area (TPSA) is 34.1 Å². The van der Waals surface area contributed by atoms with Crippen molar-refractivity contribution < 1.29 is 8.42 Å². The maximum absolute atomic E-state index is 11.1. The molecule has 12 heavy (non-hydrogen) atoms. The first-order valence-corrected chi connectivity index (χ1v) is 6.53. The van der Waals surface area contributed by atoms with Gasteiger partial charge in [0.1, 0.15) is 0 Å². The van der Waals surface area contributed by atoms with E-state index in [0.29, 0.717) is 6.42 Å². The Morgan fingerprint density at radius 1 is 1.33 bits per heavy atom. The fourth-order valence-electron chi connectivity index (χ4n) is 2.21. The zero-order chi connectivity index (χ0) is 9.57. The molecule has 0 amide bonds. The van der Waals surface area contributed by atoms with Gasteiger partial charge < -0.3 is 0 Å². The summed E-state index contributed by atoms with van der Waals surface area (Å²) in [7, 11) is 1.98. The van der Waals surface area contributed by atoms with E-state index in [0.717, 1.165) is 6.42 Å². The lowest BCUT2D eigenvalue weighted by Crippen LogP contribution is -2.19. The second-order valence-electron chi connectivity index (χ2n) is 4.56. The van der Waals surface area contributed by atoms with E-state index < -0.39 is 9.05 Å². The van der Waals surface area contributed by atoms with Gasteiger partial charge >= 0.3 is 0 Å². The van der Waals surface area contributed by atoms with Gasteiger partial charge in [-0.05, 0) is 24.2 Å². The molecule has 4 heteroatoms. The molecule has 2 unspecified atom stereocenters. The highest BCUT2D eigenvalue weighted by Gasteiger charge is 2.42. The Bertz CT molecular complexity index is 269. The first-order valence-electron chi connectivity index (χ1n) is 4.16. The molecule has 0 aromatic rings. The highest BCUT2D eigenvalue weighted by atomic mass is 35.7. The third-order valence-electron chi connectivity index (χ3n) is 2.62. The molecule has 0 bridgehead atoms. The molecule has 0 spiro atoms. The van der Waals surface area contributed by atoms with Gasteiger partial charge in [0.2, 0.25) is 9.05 Å². The zero-order valence-corrected chi connectivity index (χ0v) is 9.24. The molecule has 72 valence electrons. The van der Waals surface area contributed by atoms with Crippen LogP contribution in [0.5, 0.6) is 0 Å². The fraction of sp³-hybridized carbons (Fsp3) is 1.00. The largest absolute Gasteiger partial charge is 0.235 e. The van der Waals surface area contributed by atoms with Crippen LogP contribution in [-0.2, 0) is 9.05 Å². The van der Waals surface area contributed by atoms with E-state index in [9.17, 15) is 8.42 Å². The van der Waals surface area contributed by atoms with Crippen molar-refractivity contribution >= 4 is 19.7 Å². The first-order chi connectivity index (χ1) is 5.22. The molecule has 1 aliphatic rings. The Hall–Kier alpha value is 0.240. The second kappa shape index (κ2) is 2.88. The van der Waals surface area contributed by atoms with Crippen LogP contribution in [0.15, 0.2) is 0 Å². The lowest BCUT2D eigenvalue weighted by molar-refractivity contribution is 0.366. The average Bonchev–Trinajstić information content (AvgIpc) is 2.03. The van der Waals surface area contributed by atoms with Crippen LogP contribution in [0.3, 0.4) is 0 Å². The van der Waals surface area contributed by atoms with Crippen molar-refractivity contribution in [1.82, 2.24) is 0 Å². The molecule has 2 nitrogen and oxygen atoms in total. The monoisotopic (exact) mass is 210 g/mol. The van der Waals surface area contributed by atoms with Crippen molar-refractivity contribution in [2.45, 2.75) is 38.9 Å². The van der Waals surface area contributed by atoms with Crippen LogP contribution in [0.25, 0.3) is 0 Å². The molecule has 0 N–H and O–H groups in total. The minimum Gasteiger partial charge on any atom is -0.212 e. The van der Waals surface area contributed by atoms with E-state index >= 15 is 0 Å². The molecule has 1 rings (SSSR count). The highest BCUT2D eigenvalue weighted by molar-refractivity contribution is 8.14. The molecule has 0 radical (unpaired) electrons. The predicted molar refractivity (Wildman–Crippen MR) is 50.7 cm³/mol. The van der Waals surface area contributed by atoms with Gasteiger partial charge in [-0.15, -0.1) is 0 Å². The van der Waals surface area contributed by atoms with Gasteiger partial charge in [0.15, 0.2) is 0 Å². The number of rotatable bonds is 1. The van der Waals surface area contributed by atoms with Gasteiger partial charge in [-0.25, -0.2) is 8.42 Å². The van der Waals surface area contributed by atoms with Crippen molar-refractivity contribution in [2.75, 3.05) is 0 Å². The molecule has 1 fully saturated rings. The molecule has 0 heterocycles. The summed E-state index contributed by atoms with van der Waals surface area (Å²) in [6.45, 7) is 6.14. The molecular formula is C8H15ClO2S. The van der Waals surface area contributed by atoms with E-state index in [2.05, 4.69) is 13.8 Å². The maximum Gasteiger partial charge on any atom is 0.235 e. The van der Waals surface area contributed by atoms with Crippen molar-refractivity contribution in [1.29, 1.82) is 0 Å². The average molecular weight is 211 g/mol. The smallest absolute Gasteiger partial charge is 0.212 e. The van der Waals surface area contributed by atoms with Crippen molar-refractivity contribution in [2.24, 2.45) is 11.3 Å². The first kappa shape index (κ1) is 10.3. The molecule has 1 aliphatic carbocycles. The molecule has 2 atom stereocenters. The van der Waals surface area contributed by atoms with Crippen LogP contribution in [0.2, 0.25) is 0 Å². The Morgan fingerprint density at radius 3 is 2.00 bits per heavy atom. The molecule has 0 aromatic heterocycles. The SMILES string of the molecule is CC1CC(C)(C)CC1S(=O)(=O)Cl. The van der Waals surface area contributed by atoms with Gasteiger partial charge in [0.25, 0.3) is 0 Å². The summed E-state index contributed by atoms with van der Waals surface area (Å²) in [6, 6.07) is 0. The summed E-state index contributed by atoms with van der Waals surface area (Å²) >= 11 is 0. The summed E-state index contributed by atoms with van der Waals surface area (Å²) in [4.78, 5) is 0. The minimum absolute atomic E-state index is 0.131. The van der Waals surface area contributed by atoms with Crippen LogP contribution >= 0.6 is 10.7 Å². The Morgan fingerprint density at radius 2 is 1.83 bits per heavy atom. The van der Waals surface area contributed by atoms with Crippen LogP contribution < -0.4 is 0 Å². The number of hydrogen-bond acceptors (Lipinski definition) is 2. The molecule has 0 aliphatic heterocycles. The Kier molecular flexibility index (Phi) is 2.47. The molecule has 0 aromatic carbocycles. The van der Waals surface area contributed by atoms with Gasteiger partial charge in [0.05, 0.1) is 5.25 Å². The van der Waals surface area contributed by atoms with E-state index in [1.807, 2.05) is 6.92 Å². The minimum atomic E-state index is -3.35. The van der Waals surface area contributed by atoms with Gasteiger partial charge in [-0.1, -0.05) is 20.8 Å². The Balaban J connectivity index is 2.85. The standard InChI is InChI=1S/C8H15ClO2S/c1-6-4-8(2,3)5-7(6)12(9,10)11/h6-7H,4-5H2,1-3H3. The Labute approximate surface area is 78.7 Å². The lowest BCUT2D eigenvalue weighted by atomic mass is 9.91. The van der Waals surface area contributed by atoms with Crippen molar-refractivity contribution in [3.05, 3.63) is 0 Å². The van der Waals surface area contributed by atoms with Gasteiger partial charge in [0, 0.05) is 10.7 Å². The maximum atomic E-state index is 11.1. The predicted octanol–water partition coefficient (Wildman–Crippen LogP) is 2.38. The van der Waals surface area contributed by atoms with E-state index in [4.69, 9.17) is 10.7 Å². The highest BCUT2D eigenvalue weighted by Crippen LogP contribution is 2.44. The molecular weight excluding hydrogens is 196 g/mol. The van der Waals surface area contributed by atoms with Gasteiger partial charge in [-0.2, -0.15) is 0 Å². The van der Waals surface area contributed by atoms with E-state index in [1.54, 1.807) is 0 Å². The van der Waals surface area contributed by atoms with E-state index in [1.165, 1.54) is 0 Å². The van der Waals surface area contributed by atoms with Crippen LogP contribution in [0.4, 0.5) is 0 Å². The summed E-state index contributed by atoms with van der Waals surface area (Å²) in [6.07, 6.45) is 1.64. The summed E-state index contributed by atoms with van der Waals surface area (Å²) in [5, 5.41) is -0.339. The number of halogens is 1. The molecule has 1 saturated carbocycles. The number of hydrogen-bond donors (Lipinski definition) is 0. The van der Waals surface area contributed by atoms with Crippen LogP contribution in [0.1, 0.15) is 33.6 Å². The summed E-state index contributed by atoms with van der Waals surface area (Å²) < 4.78 is 22.2. The van der Waals surface area contributed by atoms with E-state index in [-0.39, 0.29) is 16.6 Å². The van der Waals surface area contributed by atoms with Gasteiger partial charge in [-0.3, -0.25) is 0 Å². The zero-order valence-electron chi connectivity index (χ0n) is 7.67. The normalized spacial score (nSPS) is 35.3. The summed E-state index contributed by atoms with van der Waals surface area (Å²) in [5.41, 5.74) is 0.131. The second-order valence-corrected chi connectivity index (χ2v) is 7.41.